The lowest BCUT2D eigenvalue weighted by Crippen LogP contribution is -2.45. The summed E-state index contributed by atoms with van der Waals surface area (Å²) in [5.41, 5.74) is 5.05. The van der Waals surface area contributed by atoms with E-state index in [-0.39, 0.29) is 6.04 Å². The maximum atomic E-state index is 5.75. The molecule has 2 aromatic carbocycles. The van der Waals surface area contributed by atoms with Gasteiger partial charge in [0, 0.05) is 31.7 Å². The van der Waals surface area contributed by atoms with E-state index in [0.717, 1.165) is 43.2 Å². The Labute approximate surface area is 150 Å². The second kappa shape index (κ2) is 7.89. The van der Waals surface area contributed by atoms with Crippen molar-refractivity contribution in [3.8, 4) is 11.5 Å². The average Bonchev–Trinajstić information content (AvgIpc) is 2.62. The minimum Gasteiger partial charge on any atom is -0.493 e. The van der Waals surface area contributed by atoms with Crippen molar-refractivity contribution in [2.24, 2.45) is 0 Å². The first-order valence-electron chi connectivity index (χ1n) is 8.88. The van der Waals surface area contributed by atoms with Crippen LogP contribution in [0.25, 0.3) is 0 Å². The molecule has 1 unspecified atom stereocenters. The number of ether oxygens (including phenoxy) is 2. The highest BCUT2D eigenvalue weighted by atomic mass is 16.5. The molecule has 1 N–H and O–H groups in total. The zero-order chi connectivity index (χ0) is 17.8. The van der Waals surface area contributed by atoms with Gasteiger partial charge in [0.2, 0.25) is 0 Å². The maximum Gasteiger partial charge on any atom is 0.165 e. The fraction of sp³-hybridized carbons (Fsp3) is 0.429. The normalized spacial score (nSPS) is 16.5. The van der Waals surface area contributed by atoms with E-state index in [4.69, 9.17) is 9.47 Å². The number of methoxy groups -OCH3 is 2. The van der Waals surface area contributed by atoms with Crippen LogP contribution in [0.1, 0.15) is 28.3 Å². The third kappa shape index (κ3) is 3.80. The molecule has 0 spiro atoms. The Morgan fingerprint density at radius 2 is 1.64 bits per heavy atom. The second-order valence-electron chi connectivity index (χ2n) is 6.69. The summed E-state index contributed by atoms with van der Waals surface area (Å²) in [5.74, 6) is 1.61. The number of piperazine rings is 1. The SMILES string of the molecule is COc1cccc(C(c2cc(C)cc(C)c2)N2CCNCC2)c1OC. The van der Waals surface area contributed by atoms with E-state index in [0.29, 0.717) is 0 Å². The van der Waals surface area contributed by atoms with Gasteiger partial charge in [-0.3, -0.25) is 4.90 Å². The molecule has 25 heavy (non-hydrogen) atoms. The Morgan fingerprint density at radius 1 is 0.960 bits per heavy atom. The monoisotopic (exact) mass is 340 g/mol. The van der Waals surface area contributed by atoms with Gasteiger partial charge in [-0.2, -0.15) is 0 Å². The molecule has 1 heterocycles. The number of nitrogens with zero attached hydrogens (tertiary/aromatic N) is 1. The number of benzene rings is 2. The first-order chi connectivity index (χ1) is 12.1. The third-order valence-corrected chi connectivity index (χ3v) is 4.80. The van der Waals surface area contributed by atoms with Crippen LogP contribution < -0.4 is 14.8 Å². The Balaban J connectivity index is 2.14. The van der Waals surface area contributed by atoms with E-state index in [1.165, 1.54) is 16.7 Å². The molecule has 0 aromatic heterocycles. The van der Waals surface area contributed by atoms with Crippen molar-refractivity contribution in [2.45, 2.75) is 19.9 Å². The van der Waals surface area contributed by atoms with Gasteiger partial charge in [0.1, 0.15) is 0 Å². The maximum absolute atomic E-state index is 5.75. The van der Waals surface area contributed by atoms with Gasteiger partial charge in [0.15, 0.2) is 11.5 Å². The highest BCUT2D eigenvalue weighted by Gasteiger charge is 2.28. The lowest BCUT2D eigenvalue weighted by Gasteiger charge is -2.36. The highest BCUT2D eigenvalue weighted by Crippen LogP contribution is 2.40. The minimum atomic E-state index is 0.158. The van der Waals surface area contributed by atoms with Gasteiger partial charge in [0.25, 0.3) is 0 Å². The van der Waals surface area contributed by atoms with Crippen LogP contribution in [0, 0.1) is 13.8 Å². The molecule has 4 heteroatoms. The van der Waals surface area contributed by atoms with Crippen LogP contribution in [0.15, 0.2) is 36.4 Å². The van der Waals surface area contributed by atoms with Crippen LogP contribution in [0.4, 0.5) is 0 Å². The largest absolute Gasteiger partial charge is 0.493 e. The van der Waals surface area contributed by atoms with Crippen LogP contribution >= 0.6 is 0 Å². The Bertz CT molecular complexity index is 704. The van der Waals surface area contributed by atoms with Gasteiger partial charge in [-0.05, 0) is 25.5 Å². The van der Waals surface area contributed by atoms with Crippen molar-refractivity contribution < 1.29 is 9.47 Å². The predicted molar refractivity (Wildman–Crippen MR) is 102 cm³/mol. The molecular weight excluding hydrogens is 312 g/mol. The van der Waals surface area contributed by atoms with E-state index in [9.17, 15) is 0 Å². The molecule has 0 amide bonds. The number of hydrogen-bond acceptors (Lipinski definition) is 4. The zero-order valence-electron chi connectivity index (χ0n) is 15.6. The lowest BCUT2D eigenvalue weighted by molar-refractivity contribution is 0.194. The van der Waals surface area contributed by atoms with Crippen molar-refractivity contribution in [1.29, 1.82) is 0 Å². The smallest absolute Gasteiger partial charge is 0.165 e. The summed E-state index contributed by atoms with van der Waals surface area (Å²) in [5, 5.41) is 3.45. The second-order valence-corrected chi connectivity index (χ2v) is 6.69. The fourth-order valence-corrected chi connectivity index (χ4v) is 3.82. The summed E-state index contributed by atoms with van der Waals surface area (Å²) in [6, 6.07) is 13.1. The number of rotatable bonds is 5. The number of nitrogens with one attached hydrogen (secondary N) is 1. The molecular formula is C21H28N2O2. The van der Waals surface area contributed by atoms with Crippen LogP contribution in [0.2, 0.25) is 0 Å². The summed E-state index contributed by atoms with van der Waals surface area (Å²) < 4.78 is 11.3. The molecule has 1 aliphatic heterocycles. The summed E-state index contributed by atoms with van der Waals surface area (Å²) in [7, 11) is 3.41. The first-order valence-corrected chi connectivity index (χ1v) is 8.88. The van der Waals surface area contributed by atoms with Crippen LogP contribution in [0.3, 0.4) is 0 Å². The van der Waals surface area contributed by atoms with E-state index < -0.39 is 0 Å². The Morgan fingerprint density at radius 3 is 2.24 bits per heavy atom. The van der Waals surface area contributed by atoms with Crippen molar-refractivity contribution in [3.05, 3.63) is 58.7 Å². The molecule has 0 aliphatic carbocycles. The van der Waals surface area contributed by atoms with Crippen molar-refractivity contribution in [1.82, 2.24) is 10.2 Å². The van der Waals surface area contributed by atoms with Crippen molar-refractivity contribution in [3.63, 3.8) is 0 Å². The highest BCUT2D eigenvalue weighted by molar-refractivity contribution is 5.51. The zero-order valence-corrected chi connectivity index (χ0v) is 15.6. The molecule has 1 fully saturated rings. The fourth-order valence-electron chi connectivity index (χ4n) is 3.82. The Kier molecular flexibility index (Phi) is 5.61. The third-order valence-electron chi connectivity index (χ3n) is 4.80. The minimum absolute atomic E-state index is 0.158. The van der Waals surface area contributed by atoms with Crippen molar-refractivity contribution >= 4 is 0 Å². The van der Waals surface area contributed by atoms with Gasteiger partial charge < -0.3 is 14.8 Å². The summed E-state index contributed by atoms with van der Waals surface area (Å²) in [6.07, 6.45) is 0. The molecule has 1 aliphatic rings. The molecule has 3 rings (SSSR count). The molecule has 2 aromatic rings. The van der Waals surface area contributed by atoms with E-state index in [2.05, 4.69) is 54.4 Å². The quantitative estimate of drug-likeness (QED) is 0.905. The van der Waals surface area contributed by atoms with Gasteiger partial charge in [-0.1, -0.05) is 41.5 Å². The summed E-state index contributed by atoms with van der Waals surface area (Å²) in [6.45, 7) is 8.36. The first kappa shape index (κ1) is 17.8. The van der Waals surface area contributed by atoms with Crippen molar-refractivity contribution in [2.75, 3.05) is 40.4 Å². The number of aryl methyl sites for hydroxylation is 2. The van der Waals surface area contributed by atoms with Crippen LogP contribution in [-0.4, -0.2) is 45.3 Å². The molecule has 1 atom stereocenters. The number of hydrogen-bond donors (Lipinski definition) is 1. The molecule has 134 valence electrons. The topological polar surface area (TPSA) is 33.7 Å². The molecule has 0 radical (unpaired) electrons. The molecule has 0 bridgehead atoms. The molecule has 0 saturated carbocycles. The van der Waals surface area contributed by atoms with Gasteiger partial charge >= 0.3 is 0 Å². The van der Waals surface area contributed by atoms with E-state index in [1.807, 2.05) is 6.07 Å². The summed E-state index contributed by atoms with van der Waals surface area (Å²) in [4.78, 5) is 2.53. The predicted octanol–water partition coefficient (Wildman–Crippen LogP) is 3.32. The number of para-hydroxylation sites is 1. The molecule has 4 nitrogen and oxygen atoms in total. The Hall–Kier alpha value is -2.04. The average molecular weight is 340 g/mol. The van der Waals surface area contributed by atoms with Crippen LogP contribution in [0.5, 0.6) is 11.5 Å². The lowest BCUT2D eigenvalue weighted by atomic mass is 9.93. The van der Waals surface area contributed by atoms with E-state index in [1.54, 1.807) is 14.2 Å². The van der Waals surface area contributed by atoms with Crippen LogP contribution in [-0.2, 0) is 0 Å². The van der Waals surface area contributed by atoms with E-state index >= 15 is 0 Å². The summed E-state index contributed by atoms with van der Waals surface area (Å²) >= 11 is 0. The van der Waals surface area contributed by atoms with Gasteiger partial charge in [0.05, 0.1) is 20.3 Å². The van der Waals surface area contributed by atoms with Gasteiger partial charge in [-0.15, -0.1) is 0 Å². The molecule has 1 saturated heterocycles. The standard InChI is InChI=1S/C21H28N2O2/c1-15-12-16(2)14-17(13-15)20(23-10-8-22-9-11-23)18-6-5-7-19(24-3)21(18)25-4/h5-7,12-14,20,22H,8-11H2,1-4H3. The van der Waals surface area contributed by atoms with Gasteiger partial charge in [-0.25, -0.2) is 0 Å².